The van der Waals surface area contributed by atoms with E-state index in [1.54, 1.807) is 18.5 Å². The van der Waals surface area contributed by atoms with Gasteiger partial charge >= 0.3 is 0 Å². The molecule has 0 aliphatic carbocycles. The maximum absolute atomic E-state index is 13.1. The van der Waals surface area contributed by atoms with Gasteiger partial charge in [-0.1, -0.05) is 17.7 Å². The van der Waals surface area contributed by atoms with Gasteiger partial charge in [0.25, 0.3) is 0 Å². The number of hydrogen-bond donors (Lipinski definition) is 2. The lowest BCUT2D eigenvalue weighted by Gasteiger charge is -2.03. The van der Waals surface area contributed by atoms with E-state index in [-0.39, 0.29) is 17.4 Å². The molecule has 0 bridgehead atoms. The Balaban J connectivity index is 1.66. The van der Waals surface area contributed by atoms with E-state index >= 15 is 0 Å². The predicted octanol–water partition coefficient (Wildman–Crippen LogP) is 3.45. The van der Waals surface area contributed by atoms with E-state index in [0.29, 0.717) is 11.4 Å². The largest absolute Gasteiger partial charge is 0.309 e. The molecule has 0 saturated heterocycles. The Morgan fingerprint density at radius 2 is 2.00 bits per heavy atom. The Labute approximate surface area is 136 Å². The van der Waals surface area contributed by atoms with Crippen LogP contribution in [0.3, 0.4) is 0 Å². The standard InChI is InChI=1S/C16H12ClFN4O/c17-12-7-10(1-2-13(12)18)8-16(23)20-15-9-14(21-22-15)11-3-5-19-6-4-11/h1-7,9H,8H2,(H2,20,21,22,23). The average molecular weight is 331 g/mol. The zero-order valence-electron chi connectivity index (χ0n) is 11.9. The minimum Gasteiger partial charge on any atom is -0.309 e. The number of halogens is 2. The van der Waals surface area contributed by atoms with Crippen molar-refractivity contribution in [1.82, 2.24) is 15.2 Å². The smallest absolute Gasteiger partial charge is 0.229 e. The lowest BCUT2D eigenvalue weighted by atomic mass is 10.1. The fourth-order valence-corrected chi connectivity index (χ4v) is 2.29. The van der Waals surface area contributed by atoms with Crippen molar-refractivity contribution in [3.63, 3.8) is 0 Å². The van der Waals surface area contributed by atoms with Crippen LogP contribution in [0.2, 0.25) is 5.02 Å². The number of nitrogens with one attached hydrogen (secondary N) is 2. The summed E-state index contributed by atoms with van der Waals surface area (Å²) in [6, 6.07) is 9.59. The third-order valence-corrected chi connectivity index (χ3v) is 3.48. The van der Waals surface area contributed by atoms with Crippen LogP contribution in [0.1, 0.15) is 5.56 Å². The van der Waals surface area contributed by atoms with Crippen molar-refractivity contribution < 1.29 is 9.18 Å². The molecule has 1 amide bonds. The van der Waals surface area contributed by atoms with E-state index in [1.165, 1.54) is 18.2 Å². The number of rotatable bonds is 4. The number of aromatic amines is 1. The molecule has 3 rings (SSSR count). The van der Waals surface area contributed by atoms with Gasteiger partial charge in [0.2, 0.25) is 5.91 Å². The highest BCUT2D eigenvalue weighted by Gasteiger charge is 2.09. The van der Waals surface area contributed by atoms with Crippen LogP contribution in [0, 0.1) is 5.82 Å². The topological polar surface area (TPSA) is 70.7 Å². The van der Waals surface area contributed by atoms with Gasteiger partial charge in [-0.05, 0) is 29.8 Å². The molecule has 5 nitrogen and oxygen atoms in total. The summed E-state index contributed by atoms with van der Waals surface area (Å²) in [5.74, 6) is -0.361. The molecule has 0 aliphatic heterocycles. The molecule has 0 spiro atoms. The number of nitrogens with zero attached hydrogens (tertiary/aromatic N) is 2. The van der Waals surface area contributed by atoms with Gasteiger partial charge < -0.3 is 5.32 Å². The van der Waals surface area contributed by atoms with E-state index in [0.717, 1.165) is 11.3 Å². The van der Waals surface area contributed by atoms with Crippen molar-refractivity contribution in [3.8, 4) is 11.3 Å². The number of aromatic nitrogens is 3. The van der Waals surface area contributed by atoms with Gasteiger partial charge in [0.15, 0.2) is 5.82 Å². The molecular weight excluding hydrogens is 319 g/mol. The number of pyridine rings is 1. The highest BCUT2D eigenvalue weighted by molar-refractivity contribution is 6.30. The molecule has 23 heavy (non-hydrogen) atoms. The van der Waals surface area contributed by atoms with Gasteiger partial charge in [-0.15, -0.1) is 0 Å². The molecule has 3 aromatic rings. The first kappa shape index (κ1) is 15.2. The van der Waals surface area contributed by atoms with Crippen LogP contribution < -0.4 is 5.32 Å². The molecule has 116 valence electrons. The van der Waals surface area contributed by atoms with Crippen LogP contribution >= 0.6 is 11.6 Å². The molecule has 2 heterocycles. The Bertz CT molecular complexity index is 835. The Kier molecular flexibility index (Phi) is 4.34. The van der Waals surface area contributed by atoms with Gasteiger partial charge in [0.1, 0.15) is 5.82 Å². The van der Waals surface area contributed by atoms with Crippen LogP contribution in [-0.2, 0) is 11.2 Å². The molecule has 0 unspecified atom stereocenters. The Hall–Kier alpha value is -2.73. The summed E-state index contributed by atoms with van der Waals surface area (Å²) in [4.78, 5) is 16.0. The van der Waals surface area contributed by atoms with E-state index in [9.17, 15) is 9.18 Å². The Morgan fingerprint density at radius 1 is 1.22 bits per heavy atom. The van der Waals surface area contributed by atoms with Crippen LogP contribution in [0.25, 0.3) is 11.3 Å². The van der Waals surface area contributed by atoms with E-state index in [4.69, 9.17) is 11.6 Å². The number of H-pyrrole nitrogens is 1. The molecule has 0 saturated carbocycles. The molecule has 2 aromatic heterocycles. The maximum atomic E-state index is 13.1. The summed E-state index contributed by atoms with van der Waals surface area (Å²) in [6.07, 6.45) is 3.43. The molecule has 0 aliphatic rings. The number of amides is 1. The van der Waals surface area contributed by atoms with Crippen LogP contribution in [-0.4, -0.2) is 21.1 Å². The highest BCUT2D eigenvalue weighted by atomic mass is 35.5. The van der Waals surface area contributed by atoms with Gasteiger partial charge in [0.05, 0.1) is 17.1 Å². The fourth-order valence-electron chi connectivity index (χ4n) is 2.09. The first-order chi connectivity index (χ1) is 11.1. The summed E-state index contributed by atoms with van der Waals surface area (Å²) >= 11 is 5.70. The number of carbonyl (C=O) groups is 1. The van der Waals surface area contributed by atoms with Crippen molar-refractivity contribution in [2.45, 2.75) is 6.42 Å². The summed E-state index contributed by atoms with van der Waals surface area (Å²) in [5.41, 5.74) is 2.31. The third-order valence-electron chi connectivity index (χ3n) is 3.19. The maximum Gasteiger partial charge on any atom is 0.229 e. The van der Waals surface area contributed by atoms with Crippen molar-refractivity contribution in [1.29, 1.82) is 0 Å². The lowest BCUT2D eigenvalue weighted by Crippen LogP contribution is -2.14. The van der Waals surface area contributed by atoms with E-state index < -0.39 is 5.82 Å². The van der Waals surface area contributed by atoms with Crippen LogP contribution in [0.4, 0.5) is 10.2 Å². The zero-order chi connectivity index (χ0) is 16.2. The quantitative estimate of drug-likeness (QED) is 0.769. The predicted molar refractivity (Wildman–Crippen MR) is 85.6 cm³/mol. The molecule has 0 fully saturated rings. The summed E-state index contributed by atoms with van der Waals surface area (Å²) in [6.45, 7) is 0. The molecule has 0 radical (unpaired) electrons. The van der Waals surface area contributed by atoms with Gasteiger partial charge in [-0.2, -0.15) is 5.10 Å². The monoisotopic (exact) mass is 330 g/mol. The van der Waals surface area contributed by atoms with E-state index in [1.807, 2.05) is 12.1 Å². The second-order valence-electron chi connectivity index (χ2n) is 4.88. The first-order valence-electron chi connectivity index (χ1n) is 6.81. The number of anilines is 1. The number of carbonyl (C=O) groups excluding carboxylic acids is 1. The second kappa shape index (κ2) is 6.58. The highest BCUT2D eigenvalue weighted by Crippen LogP contribution is 2.19. The van der Waals surface area contributed by atoms with Gasteiger partial charge in [0, 0.05) is 24.0 Å². The normalized spacial score (nSPS) is 10.5. The summed E-state index contributed by atoms with van der Waals surface area (Å²) in [5, 5.41) is 9.56. The number of benzene rings is 1. The van der Waals surface area contributed by atoms with Gasteiger partial charge in [-0.25, -0.2) is 4.39 Å². The lowest BCUT2D eigenvalue weighted by molar-refractivity contribution is -0.115. The minimum absolute atomic E-state index is 0.00459. The Morgan fingerprint density at radius 3 is 2.74 bits per heavy atom. The van der Waals surface area contributed by atoms with Crippen LogP contribution in [0.5, 0.6) is 0 Å². The first-order valence-corrected chi connectivity index (χ1v) is 7.19. The molecule has 0 atom stereocenters. The average Bonchev–Trinajstić information content (AvgIpc) is 3.00. The number of hydrogen-bond acceptors (Lipinski definition) is 3. The van der Waals surface area contributed by atoms with Crippen molar-refractivity contribution >= 4 is 23.3 Å². The minimum atomic E-state index is -0.509. The SMILES string of the molecule is O=C(Cc1ccc(F)c(Cl)c1)Nc1cc(-c2ccncc2)[nH]n1. The van der Waals surface area contributed by atoms with Crippen molar-refractivity contribution in [2.75, 3.05) is 5.32 Å². The van der Waals surface area contributed by atoms with Gasteiger partial charge in [-0.3, -0.25) is 14.9 Å². The molecule has 2 N–H and O–H groups in total. The second-order valence-corrected chi connectivity index (χ2v) is 5.28. The van der Waals surface area contributed by atoms with Crippen molar-refractivity contribution in [3.05, 3.63) is 65.2 Å². The summed E-state index contributed by atoms with van der Waals surface area (Å²) in [7, 11) is 0. The molecular formula is C16H12ClFN4O. The van der Waals surface area contributed by atoms with E-state index in [2.05, 4.69) is 20.5 Å². The fraction of sp³-hybridized carbons (Fsp3) is 0.0625. The third kappa shape index (κ3) is 3.73. The molecule has 7 heteroatoms. The zero-order valence-corrected chi connectivity index (χ0v) is 12.6. The summed E-state index contributed by atoms with van der Waals surface area (Å²) < 4.78 is 13.1. The van der Waals surface area contributed by atoms with Crippen molar-refractivity contribution in [2.24, 2.45) is 0 Å². The molecule has 1 aromatic carbocycles. The van der Waals surface area contributed by atoms with Crippen LogP contribution in [0.15, 0.2) is 48.8 Å².